The molecule has 0 atom stereocenters. The number of nitrogens with one attached hydrogen (secondary N) is 1. The summed E-state index contributed by atoms with van der Waals surface area (Å²) >= 11 is 1.40. The molecule has 0 aliphatic rings. The number of hydrogen-bond acceptors (Lipinski definition) is 5. The highest BCUT2D eigenvalue weighted by molar-refractivity contribution is 7.99. The zero-order valence-electron chi connectivity index (χ0n) is 17.9. The molecule has 1 N–H and O–H groups in total. The second-order valence-electron chi connectivity index (χ2n) is 7.26. The molecule has 0 aliphatic carbocycles. The fraction of sp³-hybridized carbons (Fsp3) is 0.348. The van der Waals surface area contributed by atoms with Crippen molar-refractivity contribution in [3.63, 3.8) is 0 Å². The lowest BCUT2D eigenvalue weighted by molar-refractivity contribution is -0.113. The molecule has 0 aliphatic heterocycles. The van der Waals surface area contributed by atoms with Crippen molar-refractivity contribution < 1.29 is 9.53 Å². The molecule has 3 aromatic rings. The molecule has 0 spiro atoms. The van der Waals surface area contributed by atoms with Gasteiger partial charge in [-0.1, -0.05) is 36.0 Å². The van der Waals surface area contributed by atoms with Gasteiger partial charge >= 0.3 is 0 Å². The minimum atomic E-state index is -0.0474. The average Bonchev–Trinajstić information content (AvgIpc) is 3.09. The molecular weight excluding hydrogens is 396 g/mol. The molecule has 30 heavy (non-hydrogen) atoms. The van der Waals surface area contributed by atoms with Crippen molar-refractivity contribution in [2.45, 2.75) is 38.3 Å². The number of anilines is 1. The standard InChI is InChI=1S/C23H28N4O2S/c1-16-8-5-6-10-20(16)24-22(28)15-30-23-26-25-21(27(23)3)11-7-9-18-12-13-19(29-4)14-17(18)2/h5-6,8,10,12-14H,7,9,11,15H2,1-4H3,(H,24,28). The number of hydrogen-bond donors (Lipinski definition) is 1. The van der Waals surface area contributed by atoms with E-state index in [1.165, 1.54) is 22.9 Å². The Balaban J connectivity index is 1.49. The van der Waals surface area contributed by atoms with Gasteiger partial charge in [-0.05, 0) is 61.6 Å². The molecule has 0 bridgehead atoms. The van der Waals surface area contributed by atoms with E-state index in [2.05, 4.69) is 34.6 Å². The summed E-state index contributed by atoms with van der Waals surface area (Å²) in [6, 6.07) is 13.9. The second kappa shape index (κ2) is 10.3. The first-order valence-electron chi connectivity index (χ1n) is 9.98. The van der Waals surface area contributed by atoms with E-state index in [-0.39, 0.29) is 5.91 Å². The Labute approximate surface area is 182 Å². The number of methoxy groups -OCH3 is 1. The second-order valence-corrected chi connectivity index (χ2v) is 8.20. The number of aryl methyl sites for hydroxylation is 4. The number of amides is 1. The Bertz CT molecular complexity index is 1020. The highest BCUT2D eigenvalue weighted by atomic mass is 32.2. The zero-order chi connectivity index (χ0) is 21.5. The van der Waals surface area contributed by atoms with E-state index in [0.29, 0.717) is 5.75 Å². The van der Waals surface area contributed by atoms with Crippen LogP contribution in [0.25, 0.3) is 0 Å². The van der Waals surface area contributed by atoms with Crippen molar-refractivity contribution in [2.75, 3.05) is 18.2 Å². The molecule has 158 valence electrons. The van der Waals surface area contributed by atoms with Crippen LogP contribution in [0.5, 0.6) is 5.75 Å². The lowest BCUT2D eigenvalue weighted by atomic mass is 10.0. The van der Waals surface area contributed by atoms with Crippen LogP contribution < -0.4 is 10.1 Å². The summed E-state index contributed by atoms with van der Waals surface area (Å²) < 4.78 is 7.25. The molecular formula is C23H28N4O2S. The number of rotatable bonds is 9. The topological polar surface area (TPSA) is 69.0 Å². The first-order valence-corrected chi connectivity index (χ1v) is 11.0. The van der Waals surface area contributed by atoms with E-state index < -0.39 is 0 Å². The normalized spacial score (nSPS) is 10.8. The average molecular weight is 425 g/mol. The molecule has 1 heterocycles. The lowest BCUT2D eigenvalue weighted by Gasteiger charge is -2.09. The minimum Gasteiger partial charge on any atom is -0.497 e. The number of aromatic nitrogens is 3. The Hall–Kier alpha value is -2.80. The Morgan fingerprint density at radius 2 is 1.90 bits per heavy atom. The SMILES string of the molecule is COc1ccc(CCCc2nnc(SCC(=O)Nc3ccccc3C)n2C)c(C)c1. The molecule has 3 rings (SSSR count). The van der Waals surface area contributed by atoms with E-state index in [4.69, 9.17) is 4.74 Å². The van der Waals surface area contributed by atoms with Crippen LogP contribution in [0.15, 0.2) is 47.6 Å². The van der Waals surface area contributed by atoms with Crippen LogP contribution in [0.2, 0.25) is 0 Å². The number of carbonyl (C=O) groups excluding carboxylic acids is 1. The van der Waals surface area contributed by atoms with Gasteiger partial charge in [-0.25, -0.2) is 0 Å². The largest absolute Gasteiger partial charge is 0.497 e. The maximum Gasteiger partial charge on any atom is 0.234 e. The van der Waals surface area contributed by atoms with Crippen LogP contribution in [0.3, 0.4) is 0 Å². The fourth-order valence-corrected chi connectivity index (χ4v) is 3.96. The Kier molecular flexibility index (Phi) is 7.52. The van der Waals surface area contributed by atoms with E-state index in [9.17, 15) is 4.79 Å². The van der Waals surface area contributed by atoms with Gasteiger partial charge in [-0.15, -0.1) is 10.2 Å². The molecule has 1 amide bonds. The van der Waals surface area contributed by atoms with Crippen molar-refractivity contribution in [1.29, 1.82) is 0 Å². The molecule has 0 saturated heterocycles. The van der Waals surface area contributed by atoms with Crippen molar-refractivity contribution >= 4 is 23.4 Å². The molecule has 2 aromatic carbocycles. The minimum absolute atomic E-state index is 0.0474. The summed E-state index contributed by atoms with van der Waals surface area (Å²) in [5, 5.41) is 12.3. The quantitative estimate of drug-likeness (QED) is 0.517. The molecule has 0 unspecified atom stereocenters. The van der Waals surface area contributed by atoms with Crippen LogP contribution in [0.4, 0.5) is 5.69 Å². The van der Waals surface area contributed by atoms with Gasteiger partial charge in [0.1, 0.15) is 11.6 Å². The van der Waals surface area contributed by atoms with E-state index in [1.54, 1.807) is 7.11 Å². The van der Waals surface area contributed by atoms with Gasteiger partial charge in [0.25, 0.3) is 0 Å². The van der Waals surface area contributed by atoms with Crippen LogP contribution >= 0.6 is 11.8 Å². The third kappa shape index (κ3) is 5.63. The lowest BCUT2D eigenvalue weighted by Crippen LogP contribution is -2.15. The Morgan fingerprint density at radius 3 is 2.63 bits per heavy atom. The van der Waals surface area contributed by atoms with Crippen molar-refractivity contribution in [3.05, 3.63) is 65.0 Å². The number of ether oxygens (including phenoxy) is 1. The highest BCUT2D eigenvalue weighted by Crippen LogP contribution is 2.20. The fourth-order valence-electron chi connectivity index (χ4n) is 3.23. The maximum absolute atomic E-state index is 12.3. The zero-order valence-corrected chi connectivity index (χ0v) is 18.8. The Morgan fingerprint density at radius 1 is 1.10 bits per heavy atom. The predicted octanol–water partition coefficient (Wildman–Crippen LogP) is 4.35. The number of para-hydroxylation sites is 1. The molecule has 7 heteroatoms. The summed E-state index contributed by atoms with van der Waals surface area (Å²) in [5.41, 5.74) is 4.45. The van der Waals surface area contributed by atoms with Crippen molar-refractivity contribution in [2.24, 2.45) is 7.05 Å². The number of thioether (sulfide) groups is 1. The first kappa shape index (κ1) is 21.9. The molecule has 1 aromatic heterocycles. The number of carbonyl (C=O) groups is 1. The molecule has 0 fully saturated rings. The molecule has 0 saturated carbocycles. The summed E-state index contributed by atoms with van der Waals surface area (Å²) in [5.74, 6) is 2.07. The van der Waals surface area contributed by atoms with E-state index in [1.807, 2.05) is 48.9 Å². The summed E-state index contributed by atoms with van der Waals surface area (Å²) in [6.45, 7) is 4.09. The third-order valence-electron chi connectivity index (χ3n) is 5.07. The van der Waals surface area contributed by atoms with Crippen molar-refractivity contribution in [1.82, 2.24) is 14.8 Å². The molecule has 0 radical (unpaired) electrons. The number of nitrogens with zero attached hydrogens (tertiary/aromatic N) is 3. The smallest absolute Gasteiger partial charge is 0.234 e. The van der Waals surface area contributed by atoms with Crippen LogP contribution in [0.1, 0.15) is 28.9 Å². The van der Waals surface area contributed by atoms with Gasteiger partial charge in [0, 0.05) is 19.2 Å². The van der Waals surface area contributed by atoms with Gasteiger partial charge in [-0.2, -0.15) is 0 Å². The summed E-state index contributed by atoms with van der Waals surface area (Å²) in [6.07, 6.45) is 2.80. The van der Waals surface area contributed by atoms with Gasteiger partial charge < -0.3 is 14.6 Å². The van der Waals surface area contributed by atoms with Crippen molar-refractivity contribution in [3.8, 4) is 5.75 Å². The summed E-state index contributed by atoms with van der Waals surface area (Å²) in [4.78, 5) is 12.3. The third-order valence-corrected chi connectivity index (χ3v) is 6.09. The van der Waals surface area contributed by atoms with Gasteiger partial charge in [0.05, 0.1) is 12.9 Å². The predicted molar refractivity (Wildman–Crippen MR) is 121 cm³/mol. The van der Waals surface area contributed by atoms with Crippen LogP contribution in [-0.2, 0) is 24.7 Å². The number of benzene rings is 2. The highest BCUT2D eigenvalue weighted by Gasteiger charge is 2.12. The summed E-state index contributed by atoms with van der Waals surface area (Å²) in [7, 11) is 3.64. The van der Waals surface area contributed by atoms with E-state index in [0.717, 1.165) is 47.2 Å². The monoisotopic (exact) mass is 424 g/mol. The molecule has 6 nitrogen and oxygen atoms in total. The van der Waals surface area contributed by atoms with Crippen LogP contribution in [0, 0.1) is 13.8 Å². The van der Waals surface area contributed by atoms with Gasteiger partial charge in [0.15, 0.2) is 5.16 Å². The van der Waals surface area contributed by atoms with E-state index >= 15 is 0 Å². The first-order chi connectivity index (χ1) is 14.5. The van der Waals surface area contributed by atoms with Crippen LogP contribution in [-0.4, -0.2) is 33.5 Å². The van der Waals surface area contributed by atoms with Gasteiger partial charge in [-0.3, -0.25) is 4.79 Å². The van der Waals surface area contributed by atoms with Gasteiger partial charge in [0.2, 0.25) is 5.91 Å². The maximum atomic E-state index is 12.3.